The standard InChI is InChI=1S/C26H31NO/c1-18(25-12-6-8-22-7-3-4-11-26(22)25)27-24-10-5-9-23(17-24)21-15-13-20(14-16-21)19(2)28/h3-4,6-8,11-15,18,21,23-24,27H,5,9-10,16-17H2,1-2H3/t18?,21?,23-,24-/m0/s1. The summed E-state index contributed by atoms with van der Waals surface area (Å²) in [5, 5.41) is 6.60. The molecule has 2 aromatic rings. The van der Waals surface area contributed by atoms with Gasteiger partial charge in [0.2, 0.25) is 0 Å². The Hall–Kier alpha value is -2.19. The van der Waals surface area contributed by atoms with E-state index in [1.165, 1.54) is 42.0 Å². The number of ketones is 1. The van der Waals surface area contributed by atoms with Crippen molar-refractivity contribution in [3.63, 3.8) is 0 Å². The first-order chi connectivity index (χ1) is 13.6. The molecule has 28 heavy (non-hydrogen) atoms. The van der Waals surface area contributed by atoms with Crippen LogP contribution >= 0.6 is 0 Å². The molecule has 2 aliphatic rings. The third-order valence-corrected chi connectivity index (χ3v) is 6.64. The van der Waals surface area contributed by atoms with Gasteiger partial charge in [0, 0.05) is 17.7 Å². The molecule has 1 saturated carbocycles. The minimum Gasteiger partial charge on any atom is -0.307 e. The lowest BCUT2D eigenvalue weighted by Crippen LogP contribution is -2.37. The van der Waals surface area contributed by atoms with Crippen LogP contribution in [0.3, 0.4) is 0 Å². The number of allylic oxidation sites excluding steroid dienone is 4. The van der Waals surface area contributed by atoms with Gasteiger partial charge in [-0.3, -0.25) is 4.79 Å². The monoisotopic (exact) mass is 373 g/mol. The van der Waals surface area contributed by atoms with Gasteiger partial charge in [-0.1, -0.05) is 67.1 Å². The molecule has 1 N–H and O–H groups in total. The Morgan fingerprint density at radius 1 is 1.11 bits per heavy atom. The summed E-state index contributed by atoms with van der Waals surface area (Å²) in [5.74, 6) is 1.48. The summed E-state index contributed by atoms with van der Waals surface area (Å²) in [6.07, 6.45) is 12.6. The summed E-state index contributed by atoms with van der Waals surface area (Å²) in [4.78, 5) is 11.6. The highest BCUT2D eigenvalue weighted by Crippen LogP contribution is 2.36. The van der Waals surface area contributed by atoms with E-state index in [1.54, 1.807) is 6.92 Å². The molecular formula is C26H31NO. The largest absolute Gasteiger partial charge is 0.307 e. The lowest BCUT2D eigenvalue weighted by atomic mass is 9.74. The SMILES string of the molecule is CC(=O)C1=CCC([C@H]2CCC[C@H](NC(C)c3cccc4ccccc34)C2)C=C1. The molecule has 1 fully saturated rings. The molecule has 2 aromatic carbocycles. The predicted molar refractivity (Wildman–Crippen MR) is 117 cm³/mol. The van der Waals surface area contributed by atoms with Gasteiger partial charge in [0.1, 0.15) is 0 Å². The topological polar surface area (TPSA) is 29.1 Å². The van der Waals surface area contributed by atoms with Gasteiger partial charge in [0.25, 0.3) is 0 Å². The summed E-state index contributed by atoms with van der Waals surface area (Å²) in [6.45, 7) is 3.96. The molecule has 0 amide bonds. The van der Waals surface area contributed by atoms with Crippen molar-refractivity contribution in [1.82, 2.24) is 5.32 Å². The molecule has 2 aliphatic carbocycles. The number of Topliss-reactive ketones (excluding diaryl/α,β-unsaturated/α-hetero) is 1. The average molecular weight is 374 g/mol. The van der Waals surface area contributed by atoms with E-state index in [9.17, 15) is 4.79 Å². The van der Waals surface area contributed by atoms with Gasteiger partial charge in [-0.25, -0.2) is 0 Å². The second-order valence-electron chi connectivity index (χ2n) is 8.55. The first kappa shape index (κ1) is 19.1. The summed E-state index contributed by atoms with van der Waals surface area (Å²) in [7, 11) is 0. The lowest BCUT2D eigenvalue weighted by Gasteiger charge is -2.36. The maximum Gasteiger partial charge on any atom is 0.159 e. The van der Waals surface area contributed by atoms with Crippen LogP contribution in [0.1, 0.15) is 57.6 Å². The van der Waals surface area contributed by atoms with Gasteiger partial charge in [0.15, 0.2) is 5.78 Å². The number of nitrogens with one attached hydrogen (secondary N) is 1. The molecule has 2 unspecified atom stereocenters. The van der Waals surface area contributed by atoms with E-state index < -0.39 is 0 Å². The smallest absolute Gasteiger partial charge is 0.159 e. The first-order valence-electron chi connectivity index (χ1n) is 10.7. The van der Waals surface area contributed by atoms with Gasteiger partial charge >= 0.3 is 0 Å². The van der Waals surface area contributed by atoms with Crippen LogP contribution in [0.4, 0.5) is 0 Å². The summed E-state index contributed by atoms with van der Waals surface area (Å²) < 4.78 is 0. The fraction of sp³-hybridized carbons (Fsp3) is 0.423. The molecule has 4 atom stereocenters. The molecule has 0 bridgehead atoms. The molecule has 0 saturated heterocycles. The molecule has 0 aromatic heterocycles. The second-order valence-corrected chi connectivity index (χ2v) is 8.55. The first-order valence-corrected chi connectivity index (χ1v) is 10.7. The van der Waals surface area contributed by atoms with Crippen molar-refractivity contribution in [2.45, 2.75) is 58.0 Å². The van der Waals surface area contributed by atoms with Crippen molar-refractivity contribution >= 4 is 16.6 Å². The Morgan fingerprint density at radius 2 is 1.93 bits per heavy atom. The minimum atomic E-state index is 0.182. The van der Waals surface area contributed by atoms with Crippen molar-refractivity contribution in [2.24, 2.45) is 11.8 Å². The molecule has 146 valence electrons. The van der Waals surface area contributed by atoms with E-state index in [1.807, 2.05) is 6.08 Å². The number of hydrogen-bond donors (Lipinski definition) is 1. The van der Waals surface area contributed by atoms with E-state index in [4.69, 9.17) is 0 Å². The maximum atomic E-state index is 11.6. The predicted octanol–water partition coefficient (Wildman–Crippen LogP) is 6.14. The average Bonchev–Trinajstić information content (AvgIpc) is 2.73. The number of carbonyl (C=O) groups excluding carboxylic acids is 1. The Morgan fingerprint density at radius 3 is 2.71 bits per heavy atom. The molecule has 0 aliphatic heterocycles. The van der Waals surface area contributed by atoms with Crippen molar-refractivity contribution in [3.8, 4) is 0 Å². The van der Waals surface area contributed by atoms with Crippen LogP contribution in [0, 0.1) is 11.8 Å². The normalized spacial score (nSPS) is 26.1. The van der Waals surface area contributed by atoms with Crippen molar-refractivity contribution in [1.29, 1.82) is 0 Å². The van der Waals surface area contributed by atoms with Crippen LogP contribution in [0.25, 0.3) is 10.8 Å². The van der Waals surface area contributed by atoms with E-state index >= 15 is 0 Å². The van der Waals surface area contributed by atoms with E-state index in [0.29, 0.717) is 23.9 Å². The summed E-state index contributed by atoms with van der Waals surface area (Å²) in [5.41, 5.74) is 2.28. The molecule has 0 spiro atoms. The quantitative estimate of drug-likeness (QED) is 0.682. The molecule has 2 nitrogen and oxygen atoms in total. The zero-order chi connectivity index (χ0) is 19.5. The van der Waals surface area contributed by atoms with E-state index in [2.05, 4.69) is 66.9 Å². The summed E-state index contributed by atoms with van der Waals surface area (Å²) in [6, 6.07) is 16.2. The van der Waals surface area contributed by atoms with Crippen LogP contribution in [0.5, 0.6) is 0 Å². The third kappa shape index (κ3) is 4.12. The number of carbonyl (C=O) groups is 1. The Labute approximate surface area is 168 Å². The number of rotatable bonds is 5. The molecule has 0 radical (unpaired) electrons. The Kier molecular flexibility index (Phi) is 5.77. The highest BCUT2D eigenvalue weighted by molar-refractivity contribution is 5.96. The zero-order valence-electron chi connectivity index (χ0n) is 17.0. The van der Waals surface area contributed by atoms with Crippen LogP contribution < -0.4 is 5.32 Å². The van der Waals surface area contributed by atoms with Crippen LogP contribution in [-0.4, -0.2) is 11.8 Å². The third-order valence-electron chi connectivity index (χ3n) is 6.64. The number of fused-ring (bicyclic) bond motifs is 1. The van der Waals surface area contributed by atoms with Gasteiger partial charge < -0.3 is 5.32 Å². The maximum absolute atomic E-state index is 11.6. The van der Waals surface area contributed by atoms with Crippen molar-refractivity contribution in [2.75, 3.05) is 0 Å². The minimum absolute atomic E-state index is 0.182. The number of hydrogen-bond acceptors (Lipinski definition) is 2. The molecule has 4 rings (SSSR count). The van der Waals surface area contributed by atoms with Crippen molar-refractivity contribution < 1.29 is 4.79 Å². The van der Waals surface area contributed by atoms with Crippen LogP contribution in [0.15, 0.2) is 66.3 Å². The Balaban J connectivity index is 1.41. The van der Waals surface area contributed by atoms with Gasteiger partial charge in [-0.2, -0.15) is 0 Å². The van der Waals surface area contributed by atoms with Crippen LogP contribution in [-0.2, 0) is 4.79 Å². The highest BCUT2D eigenvalue weighted by atomic mass is 16.1. The van der Waals surface area contributed by atoms with Crippen molar-refractivity contribution in [3.05, 3.63) is 71.8 Å². The van der Waals surface area contributed by atoms with Gasteiger partial charge in [-0.05, 0) is 67.7 Å². The zero-order valence-corrected chi connectivity index (χ0v) is 17.0. The fourth-order valence-corrected chi connectivity index (χ4v) is 5.09. The molecule has 0 heterocycles. The van der Waals surface area contributed by atoms with Gasteiger partial charge in [0.05, 0.1) is 0 Å². The highest BCUT2D eigenvalue weighted by Gasteiger charge is 2.28. The lowest BCUT2D eigenvalue weighted by molar-refractivity contribution is -0.113. The summed E-state index contributed by atoms with van der Waals surface area (Å²) >= 11 is 0. The van der Waals surface area contributed by atoms with Crippen LogP contribution in [0.2, 0.25) is 0 Å². The molecular weight excluding hydrogens is 342 g/mol. The van der Waals surface area contributed by atoms with Gasteiger partial charge in [-0.15, -0.1) is 0 Å². The molecule has 2 heteroatoms. The Bertz CT molecular complexity index is 904. The van der Waals surface area contributed by atoms with E-state index in [-0.39, 0.29) is 5.78 Å². The van der Waals surface area contributed by atoms with E-state index in [0.717, 1.165) is 12.0 Å². The number of benzene rings is 2. The fourth-order valence-electron chi connectivity index (χ4n) is 5.09. The second kappa shape index (κ2) is 8.45.